The van der Waals surface area contributed by atoms with Gasteiger partial charge < -0.3 is 24.6 Å². The fraction of sp³-hybridized carbons (Fsp3) is 0.676. The molecule has 2 aliphatic heterocycles. The monoisotopic (exact) mass is 732 g/mol. The number of allylic oxidation sites excluding steroid dienone is 2. The van der Waals surface area contributed by atoms with E-state index >= 15 is 0 Å². The molecule has 1 fully saturated rings. The number of rotatable bonds is 18. The summed E-state index contributed by atoms with van der Waals surface area (Å²) in [6, 6.07) is 1.02. The van der Waals surface area contributed by atoms with Gasteiger partial charge in [0.2, 0.25) is 0 Å². The minimum Gasteiger partial charge on any atom is -0.493 e. The van der Waals surface area contributed by atoms with Gasteiger partial charge in [-0.2, -0.15) is 26.3 Å². The Kier molecular flexibility index (Phi) is 13.4. The fourth-order valence-corrected chi connectivity index (χ4v) is 7.10. The first kappa shape index (κ1) is 40.4. The Hall–Kier alpha value is -3.42. The third kappa shape index (κ3) is 8.63. The van der Waals surface area contributed by atoms with Crippen LogP contribution in [0, 0.1) is 5.92 Å². The molecule has 0 saturated carbocycles. The van der Waals surface area contributed by atoms with Gasteiger partial charge in [-0.25, -0.2) is 4.79 Å². The molecule has 3 aliphatic rings. The van der Waals surface area contributed by atoms with E-state index in [-0.39, 0.29) is 54.7 Å². The van der Waals surface area contributed by atoms with Gasteiger partial charge >= 0.3 is 18.4 Å². The van der Waals surface area contributed by atoms with E-state index in [1.807, 2.05) is 13.0 Å². The molecule has 2 heterocycles. The van der Waals surface area contributed by atoms with Crippen LogP contribution in [-0.4, -0.2) is 66.2 Å². The fourth-order valence-electron chi connectivity index (χ4n) is 7.10. The van der Waals surface area contributed by atoms with Crippen molar-refractivity contribution in [3.63, 3.8) is 0 Å². The first-order valence-corrected chi connectivity index (χ1v) is 18.1. The van der Waals surface area contributed by atoms with E-state index in [0.717, 1.165) is 44.2 Å². The first-order valence-electron chi connectivity index (χ1n) is 18.1. The zero-order valence-electron chi connectivity index (χ0n) is 29.6. The molecule has 2 N–H and O–H groups in total. The van der Waals surface area contributed by atoms with Crippen LogP contribution >= 0.6 is 0 Å². The van der Waals surface area contributed by atoms with Gasteiger partial charge in [0.05, 0.1) is 6.61 Å². The van der Waals surface area contributed by atoms with Crippen LogP contribution in [0.4, 0.5) is 31.1 Å². The Morgan fingerprint density at radius 3 is 2.18 bits per heavy atom. The van der Waals surface area contributed by atoms with Crippen LogP contribution in [0.2, 0.25) is 0 Å². The highest BCUT2D eigenvalue weighted by Gasteiger charge is 2.71. The predicted octanol–water partition coefficient (Wildman–Crippen LogP) is 8.55. The van der Waals surface area contributed by atoms with Crippen molar-refractivity contribution in [2.45, 2.75) is 128 Å². The van der Waals surface area contributed by atoms with E-state index in [1.165, 1.54) is 4.90 Å². The summed E-state index contributed by atoms with van der Waals surface area (Å²) in [5.41, 5.74) is -7.15. The molecule has 0 spiro atoms. The molecule has 3 amide bonds. The van der Waals surface area contributed by atoms with Gasteiger partial charge in [0.1, 0.15) is 30.3 Å². The summed E-state index contributed by atoms with van der Waals surface area (Å²) < 4.78 is 101. The van der Waals surface area contributed by atoms with Gasteiger partial charge in [0.15, 0.2) is 5.76 Å². The van der Waals surface area contributed by atoms with Gasteiger partial charge in [-0.1, -0.05) is 65.4 Å². The van der Waals surface area contributed by atoms with Crippen molar-refractivity contribution in [3.8, 4) is 5.75 Å². The van der Waals surface area contributed by atoms with E-state index in [0.29, 0.717) is 63.3 Å². The maximum atomic E-state index is 13.9. The van der Waals surface area contributed by atoms with E-state index in [2.05, 4.69) is 12.2 Å². The highest BCUT2D eigenvalue weighted by Crippen LogP contribution is 2.51. The molecule has 14 heteroatoms. The Balaban J connectivity index is 1.47. The minimum atomic E-state index is -6.01. The number of ether oxygens (including phenoxy) is 3. The second-order valence-electron chi connectivity index (χ2n) is 13.5. The lowest BCUT2D eigenvalue weighted by atomic mass is 9.77. The number of benzene rings is 1. The standard InChI is InChI=1S/C37H50F6N2O6/c1-4-7-8-9-10-11-15-26-23-28(35(48,36(38,39)40)37(41,42)43)22-25(14-5-2)31(26)51-19-13-12-18-45-32(46)34(6-3,44-33(45)47)27-16-17-29-30(24-27)50-21-20-49-29/h16-17,22-23,27,48H,4-15,18-21,24H2,1-3H3,(H,44,47). The quantitative estimate of drug-likeness (QED) is 0.0893. The van der Waals surface area contributed by atoms with Gasteiger partial charge in [0.25, 0.3) is 11.5 Å². The predicted molar refractivity (Wildman–Crippen MR) is 178 cm³/mol. The van der Waals surface area contributed by atoms with Crippen LogP contribution in [0.25, 0.3) is 0 Å². The summed E-state index contributed by atoms with van der Waals surface area (Å²) in [5.74, 6) is 0.792. The number of aliphatic hydroxyl groups is 1. The molecule has 4 rings (SSSR count). The SMILES string of the molecule is CCCCCCCCc1cc(C(O)(C(F)(F)F)C(F)(F)F)cc(CCC)c1OCCCCN1C(=O)NC(CC)(C2C=CC3=C(C2)OCCO3)C1=O. The number of aryl methyl sites for hydroxylation is 2. The van der Waals surface area contributed by atoms with Crippen molar-refractivity contribution < 1.29 is 55.2 Å². The Morgan fingerprint density at radius 2 is 1.53 bits per heavy atom. The molecule has 1 aliphatic carbocycles. The number of amides is 3. The number of halogens is 6. The Labute approximate surface area is 295 Å². The Bertz CT molecular complexity index is 1430. The van der Waals surface area contributed by atoms with Crippen LogP contribution in [0.1, 0.15) is 108 Å². The highest BCUT2D eigenvalue weighted by molar-refractivity contribution is 6.07. The third-order valence-electron chi connectivity index (χ3n) is 9.99. The molecule has 286 valence electrons. The van der Waals surface area contributed by atoms with Crippen molar-refractivity contribution in [2.75, 3.05) is 26.4 Å². The normalized spacial score (nSPS) is 21.1. The minimum absolute atomic E-state index is 0.0462. The van der Waals surface area contributed by atoms with E-state index in [9.17, 15) is 41.0 Å². The number of hydrogen-bond donors (Lipinski definition) is 2. The Morgan fingerprint density at radius 1 is 0.882 bits per heavy atom. The second-order valence-corrected chi connectivity index (χ2v) is 13.5. The number of carbonyl (C=O) groups is 2. The van der Waals surface area contributed by atoms with Gasteiger partial charge in [-0.3, -0.25) is 9.69 Å². The molecular formula is C37H50F6N2O6. The summed E-state index contributed by atoms with van der Waals surface area (Å²) >= 11 is 0. The molecule has 0 aromatic heterocycles. The summed E-state index contributed by atoms with van der Waals surface area (Å²) in [7, 11) is 0. The number of hydrogen-bond acceptors (Lipinski definition) is 6. The number of alkyl halides is 6. The zero-order chi connectivity index (χ0) is 37.5. The van der Waals surface area contributed by atoms with E-state index < -0.39 is 35.1 Å². The molecule has 2 unspecified atom stereocenters. The second kappa shape index (κ2) is 16.9. The molecule has 0 bridgehead atoms. The summed E-state index contributed by atoms with van der Waals surface area (Å²) in [4.78, 5) is 28.0. The van der Waals surface area contributed by atoms with Gasteiger partial charge in [0, 0.05) is 24.4 Å². The molecule has 0 radical (unpaired) electrons. The smallest absolute Gasteiger partial charge is 0.430 e. The average molecular weight is 733 g/mol. The lowest BCUT2D eigenvalue weighted by Gasteiger charge is -2.36. The molecule has 2 atom stereocenters. The van der Waals surface area contributed by atoms with Crippen LogP contribution in [-0.2, 0) is 32.7 Å². The van der Waals surface area contributed by atoms with E-state index in [1.54, 1.807) is 13.0 Å². The maximum Gasteiger partial charge on any atom is 0.430 e. The van der Waals surface area contributed by atoms with E-state index in [4.69, 9.17) is 14.2 Å². The van der Waals surface area contributed by atoms with Gasteiger partial charge in [-0.15, -0.1) is 0 Å². The van der Waals surface area contributed by atoms with Gasteiger partial charge in [-0.05, 0) is 67.9 Å². The average Bonchev–Trinajstić information content (AvgIpc) is 3.34. The molecule has 1 aromatic carbocycles. The first-order chi connectivity index (χ1) is 24.1. The van der Waals surface area contributed by atoms with Crippen molar-refractivity contribution in [1.82, 2.24) is 10.2 Å². The number of nitrogens with zero attached hydrogens (tertiary/aromatic N) is 1. The summed E-state index contributed by atoms with van der Waals surface area (Å²) in [6.45, 7) is 6.61. The zero-order valence-corrected chi connectivity index (χ0v) is 29.6. The number of unbranched alkanes of at least 4 members (excludes halogenated alkanes) is 6. The topological polar surface area (TPSA) is 97.3 Å². The van der Waals surface area contributed by atoms with Crippen molar-refractivity contribution in [1.29, 1.82) is 0 Å². The van der Waals surface area contributed by atoms with Crippen LogP contribution in [0.15, 0.2) is 35.8 Å². The number of imide groups is 1. The summed E-state index contributed by atoms with van der Waals surface area (Å²) in [6.07, 6.45) is -1.08. The number of urea groups is 1. The van der Waals surface area contributed by atoms with Crippen LogP contribution in [0.3, 0.4) is 0 Å². The van der Waals surface area contributed by atoms with Crippen LogP contribution in [0.5, 0.6) is 5.75 Å². The molecule has 1 aromatic rings. The number of nitrogens with one attached hydrogen (secondary N) is 1. The maximum absolute atomic E-state index is 13.9. The number of carbonyl (C=O) groups excluding carboxylic acids is 2. The van der Waals surface area contributed by atoms with Crippen molar-refractivity contribution in [3.05, 3.63) is 52.5 Å². The largest absolute Gasteiger partial charge is 0.493 e. The molecule has 1 saturated heterocycles. The lowest BCUT2D eigenvalue weighted by Crippen LogP contribution is -2.54. The molecule has 8 nitrogen and oxygen atoms in total. The molecule has 51 heavy (non-hydrogen) atoms. The van der Waals surface area contributed by atoms with Crippen molar-refractivity contribution in [2.24, 2.45) is 5.92 Å². The molecular weight excluding hydrogens is 682 g/mol. The highest BCUT2D eigenvalue weighted by atomic mass is 19.4. The van der Waals surface area contributed by atoms with Crippen molar-refractivity contribution >= 4 is 11.9 Å². The third-order valence-corrected chi connectivity index (χ3v) is 9.99. The van der Waals surface area contributed by atoms with Crippen LogP contribution < -0.4 is 10.1 Å². The summed E-state index contributed by atoms with van der Waals surface area (Å²) in [5, 5.41) is 13.1. The lowest BCUT2D eigenvalue weighted by molar-refractivity contribution is -0.376.